The fourth-order valence-corrected chi connectivity index (χ4v) is 3.23. The van der Waals surface area contributed by atoms with E-state index in [1.165, 1.54) is 18.4 Å². The van der Waals surface area contributed by atoms with Gasteiger partial charge in [-0.25, -0.2) is 0 Å². The molecule has 0 aliphatic carbocycles. The lowest BCUT2D eigenvalue weighted by atomic mass is 10.0. The minimum atomic E-state index is 0.0240. The molecule has 0 unspecified atom stereocenters. The van der Waals surface area contributed by atoms with Gasteiger partial charge in [-0.2, -0.15) is 12.6 Å². The molecule has 2 N–H and O–H groups in total. The zero-order valence-corrected chi connectivity index (χ0v) is 14.9. The molecule has 0 spiro atoms. The molecule has 1 aliphatic heterocycles. The summed E-state index contributed by atoms with van der Waals surface area (Å²) in [5.74, 6) is 0.854. The van der Waals surface area contributed by atoms with Crippen LogP contribution in [-0.4, -0.2) is 53.2 Å². The summed E-state index contributed by atoms with van der Waals surface area (Å²) in [6, 6.07) is 10.6. The molecular formula is C18H29N3OS. The Morgan fingerprint density at radius 1 is 1.35 bits per heavy atom. The van der Waals surface area contributed by atoms with Gasteiger partial charge in [0.1, 0.15) is 0 Å². The summed E-state index contributed by atoms with van der Waals surface area (Å²) in [6.07, 6.45) is 3.48. The van der Waals surface area contributed by atoms with Crippen LogP contribution in [-0.2, 0) is 11.3 Å². The molecule has 4 nitrogen and oxygen atoms in total. The monoisotopic (exact) mass is 335 g/mol. The molecule has 1 aromatic rings. The third kappa shape index (κ3) is 5.52. The van der Waals surface area contributed by atoms with Crippen molar-refractivity contribution < 1.29 is 4.79 Å². The number of hydrogen-bond acceptors (Lipinski definition) is 4. The lowest BCUT2D eigenvalue weighted by Crippen LogP contribution is -2.58. The maximum atomic E-state index is 12.5. The number of hydrogen-bond donors (Lipinski definition) is 2. The van der Waals surface area contributed by atoms with E-state index in [1.54, 1.807) is 0 Å². The van der Waals surface area contributed by atoms with Crippen molar-refractivity contribution in [2.45, 2.75) is 44.8 Å². The zero-order valence-electron chi connectivity index (χ0n) is 14.0. The summed E-state index contributed by atoms with van der Waals surface area (Å²) >= 11 is 4.27. The highest BCUT2D eigenvalue weighted by Gasteiger charge is 2.32. The number of benzene rings is 1. The molecule has 1 amide bonds. The summed E-state index contributed by atoms with van der Waals surface area (Å²) in [5, 5.41) is 0. The van der Waals surface area contributed by atoms with Crippen LogP contribution >= 0.6 is 12.6 Å². The summed E-state index contributed by atoms with van der Waals surface area (Å²) in [7, 11) is 0. The van der Waals surface area contributed by atoms with Crippen molar-refractivity contribution in [3.8, 4) is 0 Å². The Balaban J connectivity index is 2.02. The summed E-state index contributed by atoms with van der Waals surface area (Å²) < 4.78 is 0. The van der Waals surface area contributed by atoms with Crippen LogP contribution in [0.4, 0.5) is 0 Å². The lowest BCUT2D eigenvalue weighted by molar-refractivity contribution is -0.139. The van der Waals surface area contributed by atoms with Crippen LogP contribution in [0.2, 0.25) is 0 Å². The first-order chi connectivity index (χ1) is 11.1. The lowest BCUT2D eigenvalue weighted by Gasteiger charge is -2.42. The Bertz CT molecular complexity index is 482. The normalized spacial score (nSPS) is 20.7. The van der Waals surface area contributed by atoms with Crippen molar-refractivity contribution in [1.29, 1.82) is 0 Å². The molecule has 1 aliphatic rings. The summed E-state index contributed by atoms with van der Waals surface area (Å²) in [4.78, 5) is 16.8. The molecule has 5 heteroatoms. The molecule has 0 saturated carbocycles. The predicted octanol–water partition coefficient (Wildman–Crippen LogP) is 2.15. The topological polar surface area (TPSA) is 49.6 Å². The van der Waals surface area contributed by atoms with Gasteiger partial charge in [-0.15, -0.1) is 0 Å². The van der Waals surface area contributed by atoms with Crippen molar-refractivity contribution in [3.63, 3.8) is 0 Å². The van der Waals surface area contributed by atoms with E-state index < -0.39 is 0 Å². The van der Waals surface area contributed by atoms with E-state index in [0.717, 1.165) is 19.5 Å². The minimum Gasteiger partial charge on any atom is -0.336 e. The first-order valence-electron chi connectivity index (χ1n) is 8.56. The van der Waals surface area contributed by atoms with Gasteiger partial charge < -0.3 is 10.6 Å². The van der Waals surface area contributed by atoms with E-state index in [0.29, 0.717) is 24.9 Å². The van der Waals surface area contributed by atoms with Crippen LogP contribution < -0.4 is 5.73 Å². The fraction of sp³-hybridized carbons (Fsp3) is 0.611. The van der Waals surface area contributed by atoms with Crippen LogP contribution in [0.5, 0.6) is 0 Å². The average Bonchev–Trinajstić information content (AvgIpc) is 2.57. The van der Waals surface area contributed by atoms with Crippen LogP contribution in [0.3, 0.4) is 0 Å². The second-order valence-electron chi connectivity index (χ2n) is 6.43. The molecule has 1 fully saturated rings. The van der Waals surface area contributed by atoms with Gasteiger partial charge in [0.15, 0.2) is 0 Å². The van der Waals surface area contributed by atoms with Gasteiger partial charge in [-0.1, -0.05) is 50.1 Å². The molecule has 2 atom stereocenters. The Kier molecular flexibility index (Phi) is 7.40. The van der Waals surface area contributed by atoms with Crippen molar-refractivity contribution in [2.75, 3.05) is 25.4 Å². The second-order valence-corrected chi connectivity index (χ2v) is 6.79. The van der Waals surface area contributed by atoms with Crippen molar-refractivity contribution >= 4 is 18.5 Å². The van der Waals surface area contributed by atoms with E-state index in [1.807, 2.05) is 23.1 Å². The predicted molar refractivity (Wildman–Crippen MR) is 98.6 cm³/mol. The largest absolute Gasteiger partial charge is 0.336 e. The molecule has 2 rings (SSSR count). The summed E-state index contributed by atoms with van der Waals surface area (Å²) in [6.45, 7) is 4.94. The van der Waals surface area contributed by atoms with Gasteiger partial charge in [-0.3, -0.25) is 9.69 Å². The molecule has 0 radical (unpaired) electrons. The number of carbonyl (C=O) groups excluding carboxylic acids is 1. The van der Waals surface area contributed by atoms with E-state index >= 15 is 0 Å². The molecule has 1 heterocycles. The van der Waals surface area contributed by atoms with Crippen LogP contribution in [0.1, 0.15) is 31.7 Å². The standard InChI is InChI=1S/C18H29N3OS/c1-2-3-9-17-12-21(10-15-7-5-4-6-8-15)18(22)13-20(17)11-16(19)14-23/h4-8,16-17,23H,2-3,9-14,19H2,1H3/t16-,17+/m1/s1. The minimum absolute atomic E-state index is 0.0240. The van der Waals surface area contributed by atoms with Crippen LogP contribution in [0, 0.1) is 0 Å². The SMILES string of the molecule is CCCC[C@H]1CN(Cc2ccccc2)C(=O)CN1C[C@@H](N)CS. The van der Waals surface area contributed by atoms with Gasteiger partial charge in [0.05, 0.1) is 6.54 Å². The fourth-order valence-electron chi connectivity index (χ4n) is 3.12. The van der Waals surface area contributed by atoms with Crippen molar-refractivity contribution in [1.82, 2.24) is 9.80 Å². The van der Waals surface area contributed by atoms with Crippen LogP contribution in [0.15, 0.2) is 30.3 Å². The molecule has 0 aromatic heterocycles. The third-order valence-electron chi connectivity index (χ3n) is 4.45. The van der Waals surface area contributed by atoms with E-state index in [2.05, 4.69) is 36.6 Å². The number of thiol groups is 1. The highest BCUT2D eigenvalue weighted by Crippen LogP contribution is 2.19. The first kappa shape index (κ1) is 18.3. The van der Waals surface area contributed by atoms with Gasteiger partial charge in [0, 0.05) is 37.5 Å². The highest BCUT2D eigenvalue weighted by atomic mass is 32.1. The second kappa shape index (κ2) is 9.30. The maximum absolute atomic E-state index is 12.5. The number of carbonyl (C=O) groups is 1. The smallest absolute Gasteiger partial charge is 0.237 e. The average molecular weight is 336 g/mol. The molecular weight excluding hydrogens is 306 g/mol. The van der Waals surface area contributed by atoms with Gasteiger partial charge in [0.2, 0.25) is 5.91 Å². The zero-order chi connectivity index (χ0) is 16.7. The van der Waals surface area contributed by atoms with Crippen molar-refractivity contribution in [3.05, 3.63) is 35.9 Å². The van der Waals surface area contributed by atoms with Crippen LogP contribution in [0.25, 0.3) is 0 Å². The number of unbranched alkanes of at least 4 members (excludes halogenated alkanes) is 1. The highest BCUT2D eigenvalue weighted by molar-refractivity contribution is 7.80. The summed E-state index contributed by atoms with van der Waals surface area (Å²) in [5.41, 5.74) is 7.25. The van der Waals surface area contributed by atoms with Gasteiger partial charge in [0.25, 0.3) is 0 Å². The molecule has 0 bridgehead atoms. The maximum Gasteiger partial charge on any atom is 0.237 e. The van der Waals surface area contributed by atoms with E-state index in [9.17, 15) is 4.79 Å². The Hall–Kier alpha value is -1.04. The van der Waals surface area contributed by atoms with Gasteiger partial charge in [-0.05, 0) is 12.0 Å². The molecule has 1 saturated heterocycles. The quantitative estimate of drug-likeness (QED) is 0.716. The molecule has 23 heavy (non-hydrogen) atoms. The number of rotatable bonds is 8. The molecule has 1 aromatic carbocycles. The van der Waals surface area contributed by atoms with Gasteiger partial charge >= 0.3 is 0 Å². The third-order valence-corrected chi connectivity index (χ3v) is 4.92. The number of nitrogens with two attached hydrogens (primary N) is 1. The number of nitrogens with zero attached hydrogens (tertiary/aromatic N) is 2. The van der Waals surface area contributed by atoms with Crippen molar-refractivity contribution in [2.24, 2.45) is 5.73 Å². The molecule has 128 valence electrons. The number of amides is 1. The van der Waals surface area contributed by atoms with E-state index in [-0.39, 0.29) is 11.9 Å². The Morgan fingerprint density at radius 3 is 2.74 bits per heavy atom. The Labute approximate surface area is 145 Å². The first-order valence-corrected chi connectivity index (χ1v) is 9.19. The Morgan fingerprint density at radius 2 is 2.09 bits per heavy atom. The number of piperazine rings is 1. The van der Waals surface area contributed by atoms with E-state index in [4.69, 9.17) is 5.73 Å².